The fourth-order valence-electron chi connectivity index (χ4n) is 6.76. The van der Waals surface area contributed by atoms with Crippen molar-refractivity contribution in [3.63, 3.8) is 0 Å². The topological polar surface area (TPSA) is 112 Å². The average molecular weight is 1490 g/mol. The van der Waals surface area contributed by atoms with Crippen molar-refractivity contribution in [2.45, 2.75) is 33.5 Å². The second kappa shape index (κ2) is 30.8. The van der Waals surface area contributed by atoms with E-state index in [-0.39, 0.29) is 82.7 Å². The second-order valence-electron chi connectivity index (χ2n) is 15.0. The fraction of sp³-hybridized carbons (Fsp3) is 0.0741. The molecule has 18 heteroatoms. The van der Waals surface area contributed by atoms with E-state index in [1.807, 2.05) is 121 Å². The number of halogens is 2. The molecule has 0 aliphatic heterocycles. The number of ether oxygens (including phenoxy) is 2. The quantitative estimate of drug-likeness (QED) is 0.0249. The summed E-state index contributed by atoms with van der Waals surface area (Å²) in [6, 6.07) is 58.6. The Morgan fingerprint density at radius 3 is 1.36 bits per heavy atom. The van der Waals surface area contributed by atoms with Gasteiger partial charge in [0, 0.05) is 17.2 Å². The van der Waals surface area contributed by atoms with Gasteiger partial charge in [0.05, 0.1) is 53.7 Å². The molecule has 4 unspecified atom stereocenters. The number of thioether (sulfide) groups is 2. The van der Waals surface area contributed by atoms with E-state index in [2.05, 4.69) is 16.9 Å². The Hall–Kier alpha value is -3.42. The van der Waals surface area contributed by atoms with E-state index in [4.69, 9.17) is 41.0 Å². The number of benzene rings is 8. The van der Waals surface area contributed by atoms with E-state index in [0.29, 0.717) is 62.2 Å². The van der Waals surface area contributed by atoms with E-state index >= 15 is 0 Å². The van der Waals surface area contributed by atoms with Gasteiger partial charge in [0.1, 0.15) is 47.7 Å². The van der Waals surface area contributed by atoms with Gasteiger partial charge < -0.3 is 28.1 Å². The van der Waals surface area contributed by atoms with Crippen LogP contribution in [0.15, 0.2) is 204 Å². The summed E-state index contributed by atoms with van der Waals surface area (Å²) in [6.45, 7) is 0.666. The van der Waals surface area contributed by atoms with Gasteiger partial charge in [-0.2, -0.15) is 0 Å². The molecule has 0 amide bonds. The van der Waals surface area contributed by atoms with Crippen LogP contribution in [0.25, 0.3) is 0 Å². The molecule has 0 heterocycles. The van der Waals surface area contributed by atoms with Crippen LogP contribution in [0.4, 0.5) is 0 Å². The summed E-state index contributed by atoms with van der Waals surface area (Å²) in [5.41, 5.74) is 4.69. The molecular weight excluding hydrogens is 1450 g/mol. The molecule has 2 N–H and O–H groups in total. The summed E-state index contributed by atoms with van der Waals surface area (Å²) < 4.78 is 22.6. The Morgan fingerprint density at radius 2 is 0.917 bits per heavy atom. The van der Waals surface area contributed by atoms with Crippen molar-refractivity contribution in [3.8, 4) is 34.5 Å². The van der Waals surface area contributed by atoms with Gasteiger partial charge in [-0.15, -0.1) is 23.5 Å². The first-order chi connectivity index (χ1) is 34.1. The van der Waals surface area contributed by atoms with Gasteiger partial charge >= 0.3 is 54.6 Å². The number of Topliss-reactive ketones (excluding diaryl/α,β-unsaturated/α-hetero) is 2. The summed E-state index contributed by atoms with van der Waals surface area (Å²) in [6.07, 6.45) is 0. The van der Waals surface area contributed by atoms with Crippen LogP contribution in [0.1, 0.15) is 53.5 Å². The predicted molar refractivity (Wildman–Crippen MR) is 312 cm³/mol. The summed E-state index contributed by atoms with van der Waals surface area (Å²) in [5.74, 6) is 1.95. The Bertz CT molecular complexity index is 2920. The van der Waals surface area contributed by atoms with Gasteiger partial charge in [-0.05, 0) is 106 Å². The normalized spacial score (nSPS) is 11.3. The number of ketones is 2. The van der Waals surface area contributed by atoms with Crippen molar-refractivity contribution < 1.29 is 37.6 Å². The van der Waals surface area contributed by atoms with Gasteiger partial charge in [-0.1, -0.05) is 145 Å². The Balaban J connectivity index is 0.000000260. The van der Waals surface area contributed by atoms with E-state index < -0.39 is 10.5 Å². The zero-order valence-electron chi connectivity index (χ0n) is 38.9. The first-order valence-corrected chi connectivity index (χ1v) is 28.2. The van der Waals surface area contributed by atoms with Crippen LogP contribution in [0.2, 0.25) is 10.0 Å². The fourth-order valence-corrected chi connectivity index (χ4v) is 10.7. The SMILES string of the molecule is O=C(c1ccc(OSP)cc1)C(Sc1c(O)ccc(OCc2ccccc2)c1Cl)c1ccccc1.O=C(c1ccc(OSP)cc1)C(Sc1cc(OCc2ccccc2)c(Cl)cc1O)c1ccccc1.[TlH2].[TlH2]. The molecule has 8 nitrogen and oxygen atoms in total. The third-order valence-electron chi connectivity index (χ3n) is 10.3. The summed E-state index contributed by atoms with van der Waals surface area (Å²) in [7, 11) is 4.83. The van der Waals surface area contributed by atoms with E-state index in [9.17, 15) is 19.8 Å². The molecule has 2 radical (unpaired) electrons. The molecule has 0 aliphatic rings. The number of carbonyl (C=O) groups excluding carboxylic acids is 2. The van der Waals surface area contributed by atoms with Crippen LogP contribution >= 0.6 is 86.9 Å². The molecule has 0 aromatic heterocycles. The van der Waals surface area contributed by atoms with Crippen molar-refractivity contribution in [2.24, 2.45) is 0 Å². The first-order valence-electron chi connectivity index (χ1n) is 21.3. The van der Waals surface area contributed by atoms with Gasteiger partial charge in [0.25, 0.3) is 0 Å². The molecule has 72 heavy (non-hydrogen) atoms. The molecule has 0 fully saturated rings. The number of hydrogen-bond donors (Lipinski definition) is 2. The van der Waals surface area contributed by atoms with Crippen LogP contribution in [-0.2, 0) is 13.2 Å². The first kappa shape index (κ1) is 59.5. The van der Waals surface area contributed by atoms with Gasteiger partial charge in [-0.25, -0.2) is 0 Å². The number of hydrogen-bond acceptors (Lipinski definition) is 12. The number of carbonyl (C=O) groups is 2. The molecule has 8 rings (SSSR count). The summed E-state index contributed by atoms with van der Waals surface area (Å²) in [4.78, 5) is 28.1. The molecule has 0 aliphatic carbocycles. The molecular formula is C54H48Cl2O8P2S4Tl2. The third kappa shape index (κ3) is 17.1. The standard InChI is InChI=1S/2C27H22ClO4PS2.2Tl.4H/c28-22-15-23(29)25(16-24(22)31-17-18-7-3-1-4-8-18)34-27(20-9-5-2-6-10-20)26(30)19-11-13-21(14-12-19)32-35-33;28-24-23(31-17-18-7-3-1-4-8-18)16-15-22(29)27(24)34-26(20-9-5-2-6-10-20)25(30)19-11-13-21(14-12-19)32-35-33;;;;;;/h1-16,27,29H,17,33H2;1-16,26,29H,17,33H2;;;;;;. The van der Waals surface area contributed by atoms with Crippen LogP contribution in [-0.4, -0.2) is 76.4 Å². The zero-order valence-corrected chi connectivity index (χ0v) is 61.6. The molecule has 4 atom stereocenters. The van der Waals surface area contributed by atoms with Crippen molar-refractivity contribution in [2.75, 3.05) is 0 Å². The maximum absolute atomic E-state index is 13.6. The average Bonchev–Trinajstić information content (AvgIpc) is 3.39. The maximum atomic E-state index is 13.6. The number of phenols is 2. The Morgan fingerprint density at radius 1 is 0.500 bits per heavy atom. The number of rotatable bonds is 20. The van der Waals surface area contributed by atoms with Crippen molar-refractivity contribution in [1.82, 2.24) is 0 Å². The van der Waals surface area contributed by atoms with Crippen LogP contribution in [0.5, 0.6) is 34.5 Å². The van der Waals surface area contributed by atoms with E-state index in [1.165, 1.54) is 35.7 Å². The van der Waals surface area contributed by atoms with Gasteiger partial charge in [0.2, 0.25) is 0 Å². The van der Waals surface area contributed by atoms with Gasteiger partial charge in [0.15, 0.2) is 11.6 Å². The number of aromatic hydroxyl groups is 2. The van der Waals surface area contributed by atoms with Crippen molar-refractivity contribution >= 4 is 153 Å². The Labute approximate surface area is 491 Å². The molecule has 0 bridgehead atoms. The third-order valence-corrected chi connectivity index (χ3v) is 14.9. The van der Waals surface area contributed by atoms with Crippen LogP contribution in [0.3, 0.4) is 0 Å². The molecule has 0 saturated carbocycles. The van der Waals surface area contributed by atoms with Crippen LogP contribution in [0, 0.1) is 0 Å². The molecule has 366 valence electrons. The van der Waals surface area contributed by atoms with E-state index in [1.54, 1.807) is 60.7 Å². The van der Waals surface area contributed by atoms with Crippen LogP contribution < -0.4 is 17.8 Å². The van der Waals surface area contributed by atoms with Crippen molar-refractivity contribution in [1.29, 1.82) is 0 Å². The van der Waals surface area contributed by atoms with Gasteiger partial charge in [-0.3, -0.25) is 9.59 Å². The molecule has 0 saturated heterocycles. The minimum atomic E-state index is -0.633. The van der Waals surface area contributed by atoms with Crippen molar-refractivity contribution in [3.05, 3.63) is 238 Å². The molecule has 8 aromatic carbocycles. The predicted octanol–water partition coefficient (Wildman–Crippen LogP) is 14.5. The molecule has 8 aromatic rings. The Kier molecular flexibility index (Phi) is 25.5. The summed E-state index contributed by atoms with van der Waals surface area (Å²) >= 11 is 17.8. The minimum absolute atomic E-state index is 0. The monoisotopic (exact) mass is 1490 g/mol. The molecule has 0 spiro atoms. The summed E-state index contributed by atoms with van der Waals surface area (Å²) in [5, 5.41) is 20.6. The van der Waals surface area contributed by atoms with E-state index in [0.717, 1.165) is 45.6 Å². The second-order valence-corrected chi connectivity index (χ2v) is 19.9. The number of phenolic OH excluding ortho intramolecular Hbond substituents is 2. The zero-order chi connectivity index (χ0) is 49.2.